The normalized spacial score (nSPS) is 15.5. The lowest BCUT2D eigenvalue weighted by atomic mass is 10.1. The summed E-state index contributed by atoms with van der Waals surface area (Å²) >= 11 is 1.51. The number of carbonyl (C=O) groups excluding carboxylic acids is 1. The standard InChI is InChI=1S/C14H18N2O3S/c17-13(18)5-4-11-6-9-20-12(11)10-15-14(19)16-7-2-1-3-8-16/h4-6,9H,1-3,7-8,10H2,(H,15,19)(H,17,18)/b5-4+. The molecule has 0 spiro atoms. The Bertz CT molecular complexity index is 504. The predicted molar refractivity (Wildman–Crippen MR) is 78.6 cm³/mol. The monoisotopic (exact) mass is 294 g/mol. The van der Waals surface area contributed by atoms with Gasteiger partial charge in [0.2, 0.25) is 0 Å². The van der Waals surface area contributed by atoms with Crippen molar-refractivity contribution in [2.75, 3.05) is 13.1 Å². The Morgan fingerprint density at radius 3 is 2.80 bits per heavy atom. The summed E-state index contributed by atoms with van der Waals surface area (Å²) in [5.74, 6) is -0.973. The summed E-state index contributed by atoms with van der Waals surface area (Å²) in [6.45, 7) is 2.08. The molecule has 1 aliphatic heterocycles. The second kappa shape index (κ2) is 7.09. The third-order valence-corrected chi connectivity index (χ3v) is 4.17. The molecule has 1 saturated heterocycles. The SMILES string of the molecule is O=C(O)/C=C/c1ccsc1CNC(=O)N1CCCCC1. The number of piperidine rings is 1. The fourth-order valence-electron chi connectivity index (χ4n) is 2.17. The van der Waals surface area contributed by atoms with Gasteiger partial charge in [-0.25, -0.2) is 9.59 Å². The number of carbonyl (C=O) groups is 2. The lowest BCUT2D eigenvalue weighted by Crippen LogP contribution is -2.42. The Labute approximate surface area is 121 Å². The number of hydrogen-bond acceptors (Lipinski definition) is 3. The highest BCUT2D eigenvalue weighted by Crippen LogP contribution is 2.18. The van der Waals surface area contributed by atoms with Crippen molar-refractivity contribution in [3.8, 4) is 0 Å². The van der Waals surface area contributed by atoms with Crippen LogP contribution in [-0.4, -0.2) is 35.1 Å². The maximum absolute atomic E-state index is 12.0. The average molecular weight is 294 g/mol. The van der Waals surface area contributed by atoms with Crippen LogP contribution in [0.4, 0.5) is 4.79 Å². The molecule has 1 aromatic rings. The Morgan fingerprint density at radius 1 is 1.35 bits per heavy atom. The molecule has 0 bridgehead atoms. The van der Waals surface area contributed by atoms with Gasteiger partial charge in [0.15, 0.2) is 0 Å². The quantitative estimate of drug-likeness (QED) is 0.838. The van der Waals surface area contributed by atoms with Crippen molar-refractivity contribution in [2.45, 2.75) is 25.8 Å². The third-order valence-electron chi connectivity index (χ3n) is 3.23. The number of carboxylic acids is 1. The van der Waals surface area contributed by atoms with Crippen molar-refractivity contribution in [1.29, 1.82) is 0 Å². The Morgan fingerprint density at radius 2 is 2.10 bits per heavy atom. The van der Waals surface area contributed by atoms with E-state index in [1.165, 1.54) is 17.8 Å². The number of likely N-dealkylation sites (tertiary alicyclic amines) is 1. The highest BCUT2D eigenvalue weighted by Gasteiger charge is 2.16. The van der Waals surface area contributed by atoms with Crippen molar-refractivity contribution in [2.24, 2.45) is 0 Å². The van der Waals surface area contributed by atoms with Gasteiger partial charge in [-0.3, -0.25) is 0 Å². The highest BCUT2D eigenvalue weighted by atomic mass is 32.1. The maximum Gasteiger partial charge on any atom is 0.328 e. The summed E-state index contributed by atoms with van der Waals surface area (Å²) in [4.78, 5) is 25.3. The molecule has 5 nitrogen and oxygen atoms in total. The first-order chi connectivity index (χ1) is 9.66. The van der Waals surface area contributed by atoms with Gasteiger partial charge in [-0.15, -0.1) is 11.3 Å². The summed E-state index contributed by atoms with van der Waals surface area (Å²) in [7, 11) is 0. The van der Waals surface area contributed by atoms with E-state index in [0.717, 1.165) is 42.4 Å². The van der Waals surface area contributed by atoms with Gasteiger partial charge in [0, 0.05) is 24.0 Å². The van der Waals surface area contributed by atoms with Gasteiger partial charge < -0.3 is 15.3 Å². The van der Waals surface area contributed by atoms with Crippen LogP contribution >= 0.6 is 11.3 Å². The molecule has 0 saturated carbocycles. The van der Waals surface area contributed by atoms with Crippen LogP contribution in [0.15, 0.2) is 17.5 Å². The van der Waals surface area contributed by atoms with E-state index in [9.17, 15) is 9.59 Å². The van der Waals surface area contributed by atoms with Crippen LogP contribution < -0.4 is 5.32 Å². The number of nitrogens with one attached hydrogen (secondary N) is 1. The molecular formula is C14H18N2O3S. The number of urea groups is 1. The lowest BCUT2D eigenvalue weighted by Gasteiger charge is -2.26. The maximum atomic E-state index is 12.0. The average Bonchev–Trinajstić information content (AvgIpc) is 2.91. The van der Waals surface area contributed by atoms with Gasteiger partial charge in [0.1, 0.15) is 0 Å². The largest absolute Gasteiger partial charge is 0.478 e. The molecule has 0 unspecified atom stereocenters. The molecule has 0 aliphatic carbocycles. The highest BCUT2D eigenvalue weighted by molar-refractivity contribution is 7.10. The van der Waals surface area contributed by atoms with Crippen LogP contribution in [0.1, 0.15) is 29.7 Å². The topological polar surface area (TPSA) is 69.6 Å². The Kier molecular flexibility index (Phi) is 5.17. The summed E-state index contributed by atoms with van der Waals surface area (Å²) in [5, 5.41) is 13.4. The summed E-state index contributed by atoms with van der Waals surface area (Å²) in [5.41, 5.74) is 0.844. The first-order valence-electron chi connectivity index (χ1n) is 6.67. The third kappa shape index (κ3) is 4.09. The molecule has 2 N–H and O–H groups in total. The van der Waals surface area contributed by atoms with Crippen molar-refractivity contribution in [3.05, 3.63) is 28.0 Å². The van der Waals surface area contributed by atoms with Gasteiger partial charge in [-0.1, -0.05) is 0 Å². The summed E-state index contributed by atoms with van der Waals surface area (Å²) in [6.07, 6.45) is 6.00. The van der Waals surface area contributed by atoms with Crippen LogP contribution in [0, 0.1) is 0 Å². The van der Waals surface area contributed by atoms with Crippen LogP contribution in [0.3, 0.4) is 0 Å². The van der Waals surface area contributed by atoms with E-state index < -0.39 is 5.97 Å². The zero-order valence-electron chi connectivity index (χ0n) is 11.2. The van der Waals surface area contributed by atoms with Crippen LogP contribution in [-0.2, 0) is 11.3 Å². The zero-order valence-corrected chi connectivity index (χ0v) is 12.0. The van der Waals surface area contributed by atoms with Crippen LogP contribution in [0.5, 0.6) is 0 Å². The fourth-order valence-corrected chi connectivity index (χ4v) is 2.98. The van der Waals surface area contributed by atoms with E-state index >= 15 is 0 Å². The molecular weight excluding hydrogens is 276 g/mol. The minimum absolute atomic E-state index is 0.0359. The smallest absolute Gasteiger partial charge is 0.328 e. The number of nitrogens with zero attached hydrogens (tertiary/aromatic N) is 1. The minimum Gasteiger partial charge on any atom is -0.478 e. The number of aliphatic carboxylic acids is 1. The predicted octanol–water partition coefficient (Wildman–Crippen LogP) is 2.54. The first-order valence-corrected chi connectivity index (χ1v) is 7.55. The second-order valence-electron chi connectivity index (χ2n) is 4.68. The molecule has 1 fully saturated rings. The van der Waals surface area contributed by atoms with Crippen molar-refractivity contribution in [3.63, 3.8) is 0 Å². The molecule has 1 aliphatic rings. The molecule has 20 heavy (non-hydrogen) atoms. The zero-order chi connectivity index (χ0) is 14.4. The Hall–Kier alpha value is -1.82. The van der Waals surface area contributed by atoms with E-state index in [4.69, 9.17) is 5.11 Å². The number of amides is 2. The van der Waals surface area contributed by atoms with Crippen molar-refractivity contribution < 1.29 is 14.7 Å². The molecule has 2 rings (SSSR count). The van der Waals surface area contributed by atoms with Gasteiger partial charge in [-0.2, -0.15) is 0 Å². The van der Waals surface area contributed by atoms with Crippen LogP contribution in [0.2, 0.25) is 0 Å². The summed E-state index contributed by atoms with van der Waals surface area (Å²) in [6, 6.07) is 1.82. The second-order valence-corrected chi connectivity index (χ2v) is 5.68. The molecule has 6 heteroatoms. The van der Waals surface area contributed by atoms with Crippen molar-refractivity contribution >= 4 is 29.4 Å². The molecule has 2 amide bonds. The Balaban J connectivity index is 1.89. The molecule has 2 heterocycles. The van der Waals surface area contributed by atoms with Gasteiger partial charge in [0.05, 0.1) is 6.54 Å². The van der Waals surface area contributed by atoms with E-state index in [-0.39, 0.29) is 6.03 Å². The number of hydrogen-bond donors (Lipinski definition) is 2. The summed E-state index contributed by atoms with van der Waals surface area (Å²) < 4.78 is 0. The molecule has 0 aromatic carbocycles. The van der Waals surface area contributed by atoms with E-state index in [0.29, 0.717) is 6.54 Å². The van der Waals surface area contributed by atoms with E-state index in [2.05, 4.69) is 5.32 Å². The van der Waals surface area contributed by atoms with E-state index in [1.54, 1.807) is 6.08 Å². The molecule has 0 radical (unpaired) electrons. The lowest BCUT2D eigenvalue weighted by molar-refractivity contribution is -0.131. The minimum atomic E-state index is -0.973. The molecule has 108 valence electrons. The van der Waals surface area contributed by atoms with Gasteiger partial charge >= 0.3 is 12.0 Å². The van der Waals surface area contributed by atoms with Gasteiger partial charge in [0.25, 0.3) is 0 Å². The van der Waals surface area contributed by atoms with Crippen LogP contribution in [0.25, 0.3) is 6.08 Å². The number of carboxylic acid groups (broad SMARTS) is 1. The molecule has 1 aromatic heterocycles. The number of thiophene rings is 1. The molecule has 0 atom stereocenters. The first kappa shape index (κ1) is 14.6. The number of rotatable bonds is 4. The van der Waals surface area contributed by atoms with Gasteiger partial charge in [-0.05, 0) is 42.3 Å². The van der Waals surface area contributed by atoms with Crippen molar-refractivity contribution in [1.82, 2.24) is 10.2 Å². The fraction of sp³-hybridized carbons (Fsp3) is 0.429. The van der Waals surface area contributed by atoms with E-state index in [1.807, 2.05) is 16.3 Å².